The highest BCUT2D eigenvalue weighted by atomic mass is 16.5. The maximum Gasteiger partial charge on any atom is 0.256 e. The first-order valence-electron chi connectivity index (χ1n) is 6.43. The van der Waals surface area contributed by atoms with E-state index in [1.807, 2.05) is 19.9 Å². The standard InChI is InChI=1S/C14H20N2O3/c1-9-3-4-12(13(15)5-9)14(18)16-6-10(2)19-11(7-16)8-17/h3-5,10-11,17H,6-8,15H2,1-2H3. The average molecular weight is 264 g/mol. The molecule has 0 aromatic heterocycles. The topological polar surface area (TPSA) is 75.8 Å². The second kappa shape index (κ2) is 5.59. The summed E-state index contributed by atoms with van der Waals surface area (Å²) >= 11 is 0. The number of aliphatic hydroxyl groups is 1. The molecule has 1 heterocycles. The first-order chi connectivity index (χ1) is 9.01. The third-order valence-corrected chi connectivity index (χ3v) is 3.25. The molecule has 1 amide bonds. The number of nitrogen functional groups attached to an aromatic ring is 1. The summed E-state index contributed by atoms with van der Waals surface area (Å²) in [6, 6.07) is 5.42. The summed E-state index contributed by atoms with van der Waals surface area (Å²) in [4.78, 5) is 14.1. The van der Waals surface area contributed by atoms with Gasteiger partial charge in [-0.1, -0.05) is 6.07 Å². The zero-order chi connectivity index (χ0) is 14.0. The van der Waals surface area contributed by atoms with Crippen molar-refractivity contribution in [3.63, 3.8) is 0 Å². The van der Waals surface area contributed by atoms with Crippen molar-refractivity contribution >= 4 is 11.6 Å². The van der Waals surface area contributed by atoms with Crippen LogP contribution in [0.4, 0.5) is 5.69 Å². The minimum absolute atomic E-state index is 0.0819. The highest BCUT2D eigenvalue weighted by Crippen LogP contribution is 2.19. The summed E-state index contributed by atoms with van der Waals surface area (Å²) in [7, 11) is 0. The summed E-state index contributed by atoms with van der Waals surface area (Å²) in [5, 5.41) is 9.18. The van der Waals surface area contributed by atoms with E-state index in [0.29, 0.717) is 24.3 Å². The number of aliphatic hydroxyl groups excluding tert-OH is 1. The summed E-state index contributed by atoms with van der Waals surface area (Å²) in [5.41, 5.74) is 7.93. The molecule has 5 nitrogen and oxygen atoms in total. The van der Waals surface area contributed by atoms with E-state index < -0.39 is 0 Å². The lowest BCUT2D eigenvalue weighted by atomic mass is 10.1. The Balaban J connectivity index is 2.18. The van der Waals surface area contributed by atoms with Crippen LogP contribution in [-0.2, 0) is 4.74 Å². The second-order valence-corrected chi connectivity index (χ2v) is 5.05. The first-order valence-corrected chi connectivity index (χ1v) is 6.43. The molecule has 1 aromatic carbocycles. The predicted octanol–water partition coefficient (Wildman–Crippen LogP) is 0.799. The van der Waals surface area contributed by atoms with Gasteiger partial charge < -0.3 is 20.5 Å². The lowest BCUT2D eigenvalue weighted by Gasteiger charge is -2.36. The number of anilines is 1. The number of nitrogens with two attached hydrogens (primary N) is 1. The number of morpholine rings is 1. The Morgan fingerprint density at radius 2 is 2.26 bits per heavy atom. The van der Waals surface area contributed by atoms with Crippen molar-refractivity contribution in [3.05, 3.63) is 29.3 Å². The van der Waals surface area contributed by atoms with Crippen LogP contribution in [0.2, 0.25) is 0 Å². The molecule has 2 atom stereocenters. The largest absolute Gasteiger partial charge is 0.398 e. The van der Waals surface area contributed by atoms with Crippen LogP contribution in [0.1, 0.15) is 22.8 Å². The Labute approximate surface area is 113 Å². The third-order valence-electron chi connectivity index (χ3n) is 3.25. The third kappa shape index (κ3) is 3.05. The zero-order valence-electron chi connectivity index (χ0n) is 11.3. The van der Waals surface area contributed by atoms with E-state index in [1.54, 1.807) is 17.0 Å². The molecule has 0 aliphatic carbocycles. The molecule has 3 N–H and O–H groups in total. The SMILES string of the molecule is Cc1ccc(C(=O)N2CC(C)OC(CO)C2)c(N)c1. The molecule has 1 aliphatic heterocycles. The number of carbonyl (C=O) groups is 1. The van der Waals surface area contributed by atoms with Crippen molar-refractivity contribution in [1.29, 1.82) is 0 Å². The number of nitrogens with zero attached hydrogens (tertiary/aromatic N) is 1. The van der Waals surface area contributed by atoms with Crippen LogP contribution in [0.25, 0.3) is 0 Å². The molecule has 1 fully saturated rings. The first kappa shape index (κ1) is 13.8. The van der Waals surface area contributed by atoms with Gasteiger partial charge in [0.25, 0.3) is 5.91 Å². The monoisotopic (exact) mass is 264 g/mol. The highest BCUT2D eigenvalue weighted by molar-refractivity contribution is 5.99. The molecule has 0 saturated carbocycles. The van der Waals surface area contributed by atoms with Crippen molar-refractivity contribution in [2.24, 2.45) is 0 Å². The smallest absolute Gasteiger partial charge is 0.256 e. The number of carbonyl (C=O) groups excluding carboxylic acids is 1. The predicted molar refractivity (Wildman–Crippen MR) is 72.9 cm³/mol. The van der Waals surface area contributed by atoms with Gasteiger partial charge in [0.05, 0.1) is 24.4 Å². The summed E-state index contributed by atoms with van der Waals surface area (Å²) in [6.07, 6.45) is -0.402. The molecule has 1 aromatic rings. The fraction of sp³-hybridized carbons (Fsp3) is 0.500. The molecule has 0 bridgehead atoms. The van der Waals surface area contributed by atoms with Crippen molar-refractivity contribution in [1.82, 2.24) is 4.90 Å². The van der Waals surface area contributed by atoms with E-state index in [4.69, 9.17) is 10.5 Å². The van der Waals surface area contributed by atoms with Crippen molar-refractivity contribution in [2.75, 3.05) is 25.4 Å². The van der Waals surface area contributed by atoms with E-state index in [9.17, 15) is 9.90 Å². The number of amides is 1. The Morgan fingerprint density at radius 1 is 1.53 bits per heavy atom. The molecule has 0 spiro atoms. The van der Waals surface area contributed by atoms with E-state index in [2.05, 4.69) is 0 Å². The molecule has 0 radical (unpaired) electrons. The molecule has 104 valence electrons. The number of rotatable bonds is 2. The molecular weight excluding hydrogens is 244 g/mol. The number of aryl methyl sites for hydroxylation is 1. The number of benzene rings is 1. The lowest BCUT2D eigenvalue weighted by Crippen LogP contribution is -2.50. The van der Waals surface area contributed by atoms with Crippen molar-refractivity contribution in [2.45, 2.75) is 26.1 Å². The van der Waals surface area contributed by atoms with Gasteiger partial charge in [-0.3, -0.25) is 4.79 Å². The molecular formula is C14H20N2O3. The van der Waals surface area contributed by atoms with Gasteiger partial charge in [-0.25, -0.2) is 0 Å². The molecule has 19 heavy (non-hydrogen) atoms. The normalized spacial score (nSPS) is 23.4. The van der Waals surface area contributed by atoms with Crippen LogP contribution in [0, 0.1) is 6.92 Å². The van der Waals surface area contributed by atoms with Crippen molar-refractivity contribution in [3.8, 4) is 0 Å². The van der Waals surface area contributed by atoms with E-state index in [1.165, 1.54) is 0 Å². The van der Waals surface area contributed by atoms with Gasteiger partial charge in [0.1, 0.15) is 0 Å². The van der Waals surface area contributed by atoms with Crippen LogP contribution in [0.3, 0.4) is 0 Å². The number of ether oxygens (including phenoxy) is 1. The summed E-state index contributed by atoms with van der Waals surface area (Å²) in [5.74, 6) is -0.105. The Morgan fingerprint density at radius 3 is 2.89 bits per heavy atom. The number of hydrogen-bond donors (Lipinski definition) is 2. The quantitative estimate of drug-likeness (QED) is 0.775. The van der Waals surface area contributed by atoms with Gasteiger partial charge in [-0.15, -0.1) is 0 Å². The maximum absolute atomic E-state index is 12.4. The molecule has 2 rings (SSSR count). The fourth-order valence-electron chi connectivity index (χ4n) is 2.36. The van der Waals surface area contributed by atoms with Crippen LogP contribution >= 0.6 is 0 Å². The minimum atomic E-state index is -0.320. The maximum atomic E-state index is 12.4. The van der Waals surface area contributed by atoms with Crippen LogP contribution < -0.4 is 5.73 Å². The Hall–Kier alpha value is -1.59. The zero-order valence-corrected chi connectivity index (χ0v) is 11.3. The van der Waals surface area contributed by atoms with Gasteiger partial charge in [0.15, 0.2) is 0 Å². The van der Waals surface area contributed by atoms with E-state index in [-0.39, 0.29) is 24.7 Å². The van der Waals surface area contributed by atoms with Gasteiger partial charge in [-0.2, -0.15) is 0 Å². The van der Waals surface area contributed by atoms with Crippen LogP contribution in [-0.4, -0.2) is 47.8 Å². The van der Waals surface area contributed by atoms with E-state index >= 15 is 0 Å². The Bertz CT molecular complexity index is 476. The fourth-order valence-corrected chi connectivity index (χ4v) is 2.36. The van der Waals surface area contributed by atoms with Crippen molar-refractivity contribution < 1.29 is 14.6 Å². The molecule has 2 unspecified atom stereocenters. The molecule has 5 heteroatoms. The lowest BCUT2D eigenvalue weighted by molar-refractivity contribution is -0.0858. The van der Waals surface area contributed by atoms with Crippen LogP contribution in [0.5, 0.6) is 0 Å². The number of hydrogen-bond acceptors (Lipinski definition) is 4. The second-order valence-electron chi connectivity index (χ2n) is 5.05. The average Bonchev–Trinajstić information content (AvgIpc) is 2.37. The Kier molecular flexibility index (Phi) is 4.07. The van der Waals surface area contributed by atoms with Crippen LogP contribution in [0.15, 0.2) is 18.2 Å². The molecule has 1 aliphatic rings. The summed E-state index contributed by atoms with van der Waals surface area (Å²) < 4.78 is 5.53. The highest BCUT2D eigenvalue weighted by Gasteiger charge is 2.29. The minimum Gasteiger partial charge on any atom is -0.398 e. The van der Waals surface area contributed by atoms with Gasteiger partial charge in [-0.05, 0) is 31.5 Å². The van der Waals surface area contributed by atoms with E-state index in [0.717, 1.165) is 5.56 Å². The van der Waals surface area contributed by atoms with Gasteiger partial charge in [0, 0.05) is 18.8 Å². The van der Waals surface area contributed by atoms with Gasteiger partial charge >= 0.3 is 0 Å². The van der Waals surface area contributed by atoms with Gasteiger partial charge in [0.2, 0.25) is 0 Å². The molecule has 1 saturated heterocycles. The summed E-state index contributed by atoms with van der Waals surface area (Å²) in [6.45, 7) is 4.65.